The zero-order chi connectivity index (χ0) is 16.8. The molecule has 1 aromatic carbocycles. The van der Waals surface area contributed by atoms with Crippen molar-refractivity contribution in [2.24, 2.45) is 11.8 Å². The Kier molecular flexibility index (Phi) is 6.07. The van der Waals surface area contributed by atoms with Gasteiger partial charge in [0.05, 0.1) is 5.69 Å². The molecular formula is C23H31N. The first-order valence-corrected chi connectivity index (χ1v) is 9.82. The van der Waals surface area contributed by atoms with Gasteiger partial charge in [-0.3, -0.25) is 4.98 Å². The highest BCUT2D eigenvalue weighted by Gasteiger charge is 2.19. The van der Waals surface area contributed by atoms with Crippen LogP contribution < -0.4 is 0 Å². The van der Waals surface area contributed by atoms with Gasteiger partial charge in [-0.05, 0) is 48.3 Å². The maximum Gasteiger partial charge on any atom is 0.0702 e. The second-order valence-corrected chi connectivity index (χ2v) is 7.44. The van der Waals surface area contributed by atoms with Crippen molar-refractivity contribution in [3.05, 3.63) is 53.7 Å². The summed E-state index contributed by atoms with van der Waals surface area (Å²) in [4.78, 5) is 4.58. The summed E-state index contributed by atoms with van der Waals surface area (Å²) in [5.74, 6) is 1.96. The predicted molar refractivity (Wildman–Crippen MR) is 103 cm³/mol. The molecule has 1 aromatic heterocycles. The number of rotatable bonds is 6. The van der Waals surface area contributed by atoms with Crippen LogP contribution in [0.3, 0.4) is 0 Å². The van der Waals surface area contributed by atoms with E-state index >= 15 is 0 Å². The number of nitrogens with zero attached hydrogens (tertiary/aromatic N) is 1. The van der Waals surface area contributed by atoms with E-state index in [0.717, 1.165) is 24.0 Å². The summed E-state index contributed by atoms with van der Waals surface area (Å²) in [5, 5.41) is 0. The second-order valence-electron chi connectivity index (χ2n) is 7.44. The van der Waals surface area contributed by atoms with E-state index in [2.05, 4.69) is 55.2 Å². The number of hydrogen-bond acceptors (Lipinski definition) is 1. The Morgan fingerprint density at radius 1 is 0.833 bits per heavy atom. The summed E-state index contributed by atoms with van der Waals surface area (Å²) in [6.07, 6.45) is 12.8. The standard InChI is InChI=1S/C23H31N/c1-3-18-5-7-20(8-6-18)9-10-21-11-14-22(15-12-21)23-16-13-19(4-2)17-24-23/h11-18,20H,3-10H2,1-2H3/t18-,20-. The summed E-state index contributed by atoms with van der Waals surface area (Å²) in [5.41, 5.74) is 5.08. The summed E-state index contributed by atoms with van der Waals surface area (Å²) in [7, 11) is 0. The van der Waals surface area contributed by atoms with Gasteiger partial charge in [0.2, 0.25) is 0 Å². The highest BCUT2D eigenvalue weighted by Crippen LogP contribution is 2.33. The van der Waals surface area contributed by atoms with Crippen molar-refractivity contribution in [1.82, 2.24) is 4.98 Å². The first kappa shape index (κ1) is 17.2. The first-order valence-electron chi connectivity index (χ1n) is 9.82. The molecule has 2 aromatic rings. The zero-order valence-corrected chi connectivity index (χ0v) is 15.3. The maximum absolute atomic E-state index is 4.58. The minimum absolute atomic E-state index is 0.954. The van der Waals surface area contributed by atoms with Crippen LogP contribution in [0.15, 0.2) is 42.6 Å². The molecule has 0 N–H and O–H groups in total. The molecule has 128 valence electrons. The van der Waals surface area contributed by atoms with E-state index in [1.54, 1.807) is 0 Å². The van der Waals surface area contributed by atoms with Gasteiger partial charge in [0, 0.05) is 11.8 Å². The lowest BCUT2D eigenvalue weighted by Gasteiger charge is -2.27. The molecule has 0 unspecified atom stereocenters. The zero-order valence-electron chi connectivity index (χ0n) is 15.3. The molecular weight excluding hydrogens is 290 g/mol. The number of hydrogen-bond donors (Lipinski definition) is 0. The van der Waals surface area contributed by atoms with Gasteiger partial charge in [0.25, 0.3) is 0 Å². The van der Waals surface area contributed by atoms with E-state index in [1.807, 2.05) is 6.20 Å². The highest BCUT2D eigenvalue weighted by atomic mass is 14.7. The summed E-state index contributed by atoms with van der Waals surface area (Å²) in [6.45, 7) is 4.51. The molecule has 24 heavy (non-hydrogen) atoms. The van der Waals surface area contributed by atoms with Gasteiger partial charge in [0.15, 0.2) is 0 Å². The Hall–Kier alpha value is -1.63. The Bertz CT molecular complexity index is 603. The van der Waals surface area contributed by atoms with Crippen molar-refractivity contribution in [1.29, 1.82) is 0 Å². The number of benzene rings is 1. The molecule has 0 atom stereocenters. The topological polar surface area (TPSA) is 12.9 Å². The Morgan fingerprint density at radius 3 is 2.08 bits per heavy atom. The lowest BCUT2D eigenvalue weighted by Crippen LogP contribution is -2.14. The van der Waals surface area contributed by atoms with Crippen LogP contribution >= 0.6 is 0 Å². The van der Waals surface area contributed by atoms with Crippen molar-refractivity contribution < 1.29 is 0 Å². The van der Waals surface area contributed by atoms with E-state index in [1.165, 1.54) is 61.6 Å². The molecule has 1 saturated carbocycles. The van der Waals surface area contributed by atoms with E-state index < -0.39 is 0 Å². The van der Waals surface area contributed by atoms with Crippen LogP contribution in [-0.2, 0) is 12.8 Å². The van der Waals surface area contributed by atoms with Crippen LogP contribution in [-0.4, -0.2) is 4.98 Å². The minimum atomic E-state index is 0.954. The first-order chi connectivity index (χ1) is 11.8. The van der Waals surface area contributed by atoms with Gasteiger partial charge >= 0.3 is 0 Å². The predicted octanol–water partition coefficient (Wildman–Crippen LogP) is 6.46. The fourth-order valence-electron chi connectivity index (χ4n) is 3.95. The van der Waals surface area contributed by atoms with Crippen LogP contribution in [0.4, 0.5) is 0 Å². The van der Waals surface area contributed by atoms with Gasteiger partial charge in [-0.1, -0.05) is 76.3 Å². The molecule has 0 spiro atoms. The summed E-state index contributed by atoms with van der Waals surface area (Å²) >= 11 is 0. The molecule has 1 nitrogen and oxygen atoms in total. The molecule has 1 heteroatoms. The second kappa shape index (κ2) is 8.46. The molecule has 1 fully saturated rings. The smallest absolute Gasteiger partial charge is 0.0702 e. The minimum Gasteiger partial charge on any atom is -0.256 e. The molecule has 0 saturated heterocycles. The summed E-state index contributed by atoms with van der Waals surface area (Å²) < 4.78 is 0. The van der Waals surface area contributed by atoms with Gasteiger partial charge in [-0.15, -0.1) is 0 Å². The number of aryl methyl sites for hydroxylation is 2. The molecule has 0 bridgehead atoms. The highest BCUT2D eigenvalue weighted by molar-refractivity contribution is 5.59. The summed E-state index contributed by atoms with van der Waals surface area (Å²) in [6, 6.07) is 13.4. The molecule has 0 amide bonds. The van der Waals surface area contributed by atoms with Crippen LogP contribution in [0.25, 0.3) is 11.3 Å². The van der Waals surface area contributed by atoms with E-state index in [4.69, 9.17) is 0 Å². The maximum atomic E-state index is 4.58. The fourth-order valence-corrected chi connectivity index (χ4v) is 3.95. The SMILES string of the molecule is CCc1ccc(-c2ccc(CC[C@H]3CC[C@H](CC)CC3)cc2)nc1. The normalized spacial score (nSPS) is 20.9. The Balaban J connectivity index is 1.53. The third-order valence-electron chi connectivity index (χ3n) is 5.87. The average molecular weight is 322 g/mol. The van der Waals surface area contributed by atoms with Gasteiger partial charge in [0.1, 0.15) is 0 Å². The van der Waals surface area contributed by atoms with Crippen LogP contribution in [0, 0.1) is 11.8 Å². The van der Waals surface area contributed by atoms with E-state index in [0.29, 0.717) is 0 Å². The monoisotopic (exact) mass is 321 g/mol. The lowest BCUT2D eigenvalue weighted by atomic mass is 9.78. The molecule has 0 aliphatic heterocycles. The number of pyridine rings is 1. The lowest BCUT2D eigenvalue weighted by molar-refractivity contribution is 0.259. The van der Waals surface area contributed by atoms with Crippen LogP contribution in [0.2, 0.25) is 0 Å². The van der Waals surface area contributed by atoms with E-state index in [9.17, 15) is 0 Å². The van der Waals surface area contributed by atoms with Crippen molar-refractivity contribution >= 4 is 0 Å². The Labute approximate surface area is 147 Å². The Morgan fingerprint density at radius 2 is 1.50 bits per heavy atom. The molecule has 1 heterocycles. The van der Waals surface area contributed by atoms with Crippen LogP contribution in [0.5, 0.6) is 0 Å². The average Bonchev–Trinajstić information content (AvgIpc) is 2.67. The molecule has 3 rings (SSSR count). The third-order valence-corrected chi connectivity index (χ3v) is 5.87. The van der Waals surface area contributed by atoms with Crippen molar-refractivity contribution in [2.45, 2.75) is 65.2 Å². The van der Waals surface area contributed by atoms with E-state index in [-0.39, 0.29) is 0 Å². The van der Waals surface area contributed by atoms with Crippen molar-refractivity contribution in [2.75, 3.05) is 0 Å². The van der Waals surface area contributed by atoms with Gasteiger partial charge < -0.3 is 0 Å². The third kappa shape index (κ3) is 4.47. The van der Waals surface area contributed by atoms with Crippen LogP contribution in [0.1, 0.15) is 63.5 Å². The largest absolute Gasteiger partial charge is 0.256 e. The molecule has 0 radical (unpaired) electrons. The van der Waals surface area contributed by atoms with Crippen molar-refractivity contribution in [3.63, 3.8) is 0 Å². The molecule has 1 aliphatic carbocycles. The van der Waals surface area contributed by atoms with Gasteiger partial charge in [-0.2, -0.15) is 0 Å². The number of aromatic nitrogens is 1. The van der Waals surface area contributed by atoms with Gasteiger partial charge in [-0.25, -0.2) is 0 Å². The van der Waals surface area contributed by atoms with Crippen molar-refractivity contribution in [3.8, 4) is 11.3 Å². The fraction of sp³-hybridized carbons (Fsp3) is 0.522. The molecule has 1 aliphatic rings. The quantitative estimate of drug-likeness (QED) is 0.595.